The highest BCUT2D eigenvalue weighted by atomic mass is 16.3. The molecule has 0 aromatic heterocycles. The first-order valence-electron chi connectivity index (χ1n) is 8.71. The zero-order valence-corrected chi connectivity index (χ0v) is 13.8. The number of fused-ring (bicyclic) bond motifs is 3. The summed E-state index contributed by atoms with van der Waals surface area (Å²) in [5.74, 6) is 1.69. The first-order valence-corrected chi connectivity index (χ1v) is 8.71. The van der Waals surface area contributed by atoms with Gasteiger partial charge in [0.15, 0.2) is 0 Å². The molecule has 0 unspecified atom stereocenters. The Morgan fingerprint density at radius 3 is 2.71 bits per heavy atom. The van der Waals surface area contributed by atoms with E-state index in [1.54, 1.807) is 0 Å². The number of rotatable bonds is 1. The molecule has 0 radical (unpaired) electrons. The zero-order chi connectivity index (χ0) is 15.3. The maximum absolute atomic E-state index is 11.2. The van der Waals surface area contributed by atoms with Gasteiger partial charge in [0.25, 0.3) is 0 Å². The smallest absolute Gasteiger partial charge is 0.145 e. The molecule has 2 saturated carbocycles. The summed E-state index contributed by atoms with van der Waals surface area (Å²) in [6.07, 6.45) is 10.6. The second kappa shape index (κ2) is 5.22. The lowest BCUT2D eigenvalue weighted by Crippen LogP contribution is -2.53. The number of carbonyl (C=O) groups excluding carboxylic acids is 1. The Kier molecular flexibility index (Phi) is 3.80. The first kappa shape index (κ1) is 15.3. The third kappa shape index (κ3) is 2.40. The lowest BCUT2D eigenvalue weighted by molar-refractivity contribution is -0.118. The van der Waals surface area contributed by atoms with Crippen LogP contribution in [0.4, 0.5) is 0 Å². The molecule has 2 heteroatoms. The van der Waals surface area contributed by atoms with Crippen molar-refractivity contribution >= 4 is 6.29 Å². The third-order valence-corrected chi connectivity index (χ3v) is 7.15. The predicted molar refractivity (Wildman–Crippen MR) is 84.8 cm³/mol. The Balaban J connectivity index is 1.95. The van der Waals surface area contributed by atoms with Crippen LogP contribution in [-0.4, -0.2) is 17.5 Å². The van der Waals surface area contributed by atoms with Gasteiger partial charge in [-0.2, -0.15) is 0 Å². The van der Waals surface area contributed by atoms with Crippen LogP contribution in [0, 0.1) is 28.6 Å². The number of carbonyl (C=O) groups is 1. The molecule has 3 aliphatic rings. The summed E-state index contributed by atoms with van der Waals surface area (Å²) in [5, 5.41) is 10.6. The van der Waals surface area contributed by atoms with Gasteiger partial charge in [0, 0.05) is 6.42 Å². The van der Waals surface area contributed by atoms with Crippen molar-refractivity contribution in [3.63, 3.8) is 0 Å². The molecule has 3 aliphatic carbocycles. The van der Waals surface area contributed by atoms with Gasteiger partial charge in [-0.1, -0.05) is 33.3 Å². The van der Waals surface area contributed by atoms with E-state index in [1.165, 1.54) is 25.7 Å². The summed E-state index contributed by atoms with van der Waals surface area (Å²) in [7, 11) is 0. The second-order valence-corrected chi connectivity index (χ2v) is 8.65. The minimum absolute atomic E-state index is 0.322. The molecule has 0 aromatic rings. The highest BCUT2D eigenvalue weighted by Gasteiger charge is 2.55. The lowest BCUT2D eigenvalue weighted by Gasteiger charge is -2.59. The molecule has 5 atom stereocenters. The zero-order valence-electron chi connectivity index (χ0n) is 13.8. The van der Waals surface area contributed by atoms with Crippen LogP contribution in [0.25, 0.3) is 0 Å². The van der Waals surface area contributed by atoms with E-state index in [0.717, 1.165) is 30.6 Å². The van der Waals surface area contributed by atoms with Crippen molar-refractivity contribution < 1.29 is 9.90 Å². The van der Waals surface area contributed by atoms with Gasteiger partial charge < -0.3 is 5.11 Å². The molecule has 0 bridgehead atoms. The topological polar surface area (TPSA) is 37.3 Å². The Bertz CT molecular complexity index is 450. The number of aldehydes is 1. The average Bonchev–Trinajstić information content (AvgIpc) is 2.58. The number of hydrogen-bond donors (Lipinski definition) is 1. The van der Waals surface area contributed by atoms with E-state index >= 15 is 0 Å². The van der Waals surface area contributed by atoms with Crippen LogP contribution >= 0.6 is 0 Å². The third-order valence-electron chi connectivity index (χ3n) is 7.15. The van der Waals surface area contributed by atoms with Crippen LogP contribution in [0.15, 0.2) is 11.6 Å². The molecule has 0 saturated heterocycles. The highest BCUT2D eigenvalue weighted by molar-refractivity contribution is 5.73. The van der Waals surface area contributed by atoms with E-state index in [-0.39, 0.29) is 6.10 Å². The fourth-order valence-electron chi connectivity index (χ4n) is 6.13. The van der Waals surface area contributed by atoms with Crippen molar-refractivity contribution in [1.82, 2.24) is 0 Å². The van der Waals surface area contributed by atoms with Gasteiger partial charge in [0.1, 0.15) is 6.29 Å². The normalized spacial score (nSPS) is 45.8. The summed E-state index contributed by atoms with van der Waals surface area (Å²) in [6, 6.07) is 0. The van der Waals surface area contributed by atoms with Gasteiger partial charge in [0.05, 0.1) is 6.10 Å². The van der Waals surface area contributed by atoms with E-state index in [4.69, 9.17) is 0 Å². The van der Waals surface area contributed by atoms with E-state index in [0.29, 0.717) is 29.1 Å². The molecule has 0 amide bonds. The SMILES string of the molecule is CC1(C)CCC[C@]2(C)[C@H]3CC=C(C=O)C[C@H](O)[C@@H]3CC[C@@H]12. The van der Waals surface area contributed by atoms with Crippen molar-refractivity contribution in [3.05, 3.63) is 11.6 Å². The maximum atomic E-state index is 11.2. The quantitative estimate of drug-likeness (QED) is 0.737. The summed E-state index contributed by atoms with van der Waals surface area (Å²) in [6.45, 7) is 7.35. The van der Waals surface area contributed by atoms with E-state index in [9.17, 15) is 9.90 Å². The fourth-order valence-corrected chi connectivity index (χ4v) is 6.13. The lowest BCUT2D eigenvalue weighted by atomic mass is 9.45. The minimum Gasteiger partial charge on any atom is -0.392 e. The molecule has 2 nitrogen and oxygen atoms in total. The van der Waals surface area contributed by atoms with Crippen molar-refractivity contribution in [2.24, 2.45) is 28.6 Å². The van der Waals surface area contributed by atoms with Crippen molar-refractivity contribution in [2.45, 2.75) is 71.8 Å². The Labute approximate surface area is 129 Å². The number of hydrogen-bond acceptors (Lipinski definition) is 2. The maximum Gasteiger partial charge on any atom is 0.145 e. The first-order chi connectivity index (χ1) is 9.88. The van der Waals surface area contributed by atoms with Crippen molar-refractivity contribution in [3.8, 4) is 0 Å². The van der Waals surface area contributed by atoms with Gasteiger partial charge in [-0.25, -0.2) is 0 Å². The number of allylic oxidation sites excluding steroid dienone is 1. The van der Waals surface area contributed by atoms with Crippen LogP contribution in [0.1, 0.15) is 65.7 Å². The molecule has 1 N–H and O–H groups in total. The monoisotopic (exact) mass is 290 g/mol. The molecule has 21 heavy (non-hydrogen) atoms. The minimum atomic E-state index is -0.322. The fraction of sp³-hybridized carbons (Fsp3) is 0.842. The van der Waals surface area contributed by atoms with E-state index in [2.05, 4.69) is 26.8 Å². The Hall–Kier alpha value is -0.630. The number of aliphatic hydroxyl groups excluding tert-OH is 1. The van der Waals surface area contributed by atoms with Crippen molar-refractivity contribution in [2.75, 3.05) is 0 Å². The largest absolute Gasteiger partial charge is 0.392 e. The summed E-state index contributed by atoms with van der Waals surface area (Å²) in [5.41, 5.74) is 1.57. The summed E-state index contributed by atoms with van der Waals surface area (Å²) < 4.78 is 0. The van der Waals surface area contributed by atoms with Gasteiger partial charge in [-0.3, -0.25) is 4.79 Å². The van der Waals surface area contributed by atoms with Gasteiger partial charge in [-0.15, -0.1) is 0 Å². The molecule has 3 rings (SSSR count). The highest BCUT2D eigenvalue weighted by Crippen LogP contribution is 2.62. The van der Waals surface area contributed by atoms with Crippen LogP contribution in [0.5, 0.6) is 0 Å². The Morgan fingerprint density at radius 2 is 2.00 bits per heavy atom. The standard InChI is InChI=1S/C19H30O2/c1-18(2)9-4-10-19(3)15-7-5-13(12-20)11-16(21)14(15)6-8-17(18)19/h5,12,14-17,21H,4,6-11H2,1-3H3/t14-,15+,16+,17+,19-/m1/s1. The van der Waals surface area contributed by atoms with Gasteiger partial charge in [0.2, 0.25) is 0 Å². The number of aliphatic hydroxyl groups is 1. The van der Waals surface area contributed by atoms with Crippen LogP contribution in [0.3, 0.4) is 0 Å². The molecule has 2 fully saturated rings. The average molecular weight is 290 g/mol. The van der Waals surface area contributed by atoms with Crippen LogP contribution in [-0.2, 0) is 4.79 Å². The predicted octanol–water partition coefficient (Wildman–Crippen LogP) is 4.13. The molecule has 118 valence electrons. The van der Waals surface area contributed by atoms with Crippen LogP contribution < -0.4 is 0 Å². The molecular formula is C19H30O2. The van der Waals surface area contributed by atoms with Crippen LogP contribution in [0.2, 0.25) is 0 Å². The molecule has 0 aromatic carbocycles. The summed E-state index contributed by atoms with van der Waals surface area (Å²) in [4.78, 5) is 11.2. The Morgan fingerprint density at radius 1 is 1.24 bits per heavy atom. The van der Waals surface area contributed by atoms with Crippen molar-refractivity contribution in [1.29, 1.82) is 0 Å². The van der Waals surface area contributed by atoms with Gasteiger partial charge >= 0.3 is 0 Å². The molecule has 0 heterocycles. The van der Waals surface area contributed by atoms with E-state index in [1.807, 2.05) is 0 Å². The second-order valence-electron chi connectivity index (χ2n) is 8.65. The molecule has 0 spiro atoms. The molecule has 0 aliphatic heterocycles. The molecular weight excluding hydrogens is 260 g/mol. The van der Waals surface area contributed by atoms with Gasteiger partial charge in [-0.05, 0) is 66.3 Å². The summed E-state index contributed by atoms with van der Waals surface area (Å²) >= 11 is 0. The van der Waals surface area contributed by atoms with E-state index < -0.39 is 0 Å².